The van der Waals surface area contributed by atoms with Crippen LogP contribution in [0.4, 0.5) is 4.79 Å². The fourth-order valence-electron chi connectivity index (χ4n) is 2.32. The van der Waals surface area contributed by atoms with Gasteiger partial charge in [-0.15, -0.1) is 0 Å². The Morgan fingerprint density at radius 3 is 2.50 bits per heavy atom. The second-order valence-corrected chi connectivity index (χ2v) is 5.45. The Bertz CT molecular complexity index is 430. The zero-order chi connectivity index (χ0) is 13.3. The summed E-state index contributed by atoms with van der Waals surface area (Å²) in [5, 5.41) is 0. The number of nitrogens with zero attached hydrogens (tertiary/aromatic N) is 2. The summed E-state index contributed by atoms with van der Waals surface area (Å²) < 4.78 is 0. The van der Waals surface area contributed by atoms with E-state index >= 15 is 0 Å². The Labute approximate surface area is 108 Å². The van der Waals surface area contributed by atoms with Gasteiger partial charge in [0.05, 0.1) is 11.6 Å². The van der Waals surface area contributed by atoms with Gasteiger partial charge < -0.3 is 15.5 Å². The molecule has 1 aliphatic heterocycles. The van der Waals surface area contributed by atoms with Gasteiger partial charge in [-0.1, -0.05) is 30.3 Å². The summed E-state index contributed by atoms with van der Waals surface area (Å²) in [5.41, 5.74) is 6.64. The van der Waals surface area contributed by atoms with Gasteiger partial charge in [0.15, 0.2) is 0 Å². The number of likely N-dealkylation sites (N-methyl/N-ethyl adjacent to an activating group) is 1. The molecule has 4 nitrogen and oxygen atoms in total. The lowest BCUT2D eigenvalue weighted by Gasteiger charge is -2.33. The van der Waals surface area contributed by atoms with Crippen LogP contribution < -0.4 is 5.73 Å². The number of carbonyl (C=O) groups excluding carboxylic acids is 1. The largest absolute Gasteiger partial charge is 0.328 e. The van der Waals surface area contributed by atoms with Crippen LogP contribution in [0.2, 0.25) is 0 Å². The summed E-state index contributed by atoms with van der Waals surface area (Å²) in [6.07, 6.45) is 0. The van der Waals surface area contributed by atoms with Gasteiger partial charge in [-0.25, -0.2) is 4.79 Å². The topological polar surface area (TPSA) is 49.6 Å². The van der Waals surface area contributed by atoms with Crippen molar-refractivity contribution in [2.24, 2.45) is 5.73 Å². The summed E-state index contributed by atoms with van der Waals surface area (Å²) >= 11 is 0. The van der Waals surface area contributed by atoms with Crippen molar-refractivity contribution in [1.82, 2.24) is 9.80 Å². The summed E-state index contributed by atoms with van der Waals surface area (Å²) in [6.45, 7) is 5.18. The van der Waals surface area contributed by atoms with E-state index in [1.54, 1.807) is 4.90 Å². The van der Waals surface area contributed by atoms with E-state index in [9.17, 15) is 4.79 Å². The van der Waals surface area contributed by atoms with E-state index in [4.69, 9.17) is 5.73 Å². The number of amides is 2. The number of benzene rings is 1. The summed E-state index contributed by atoms with van der Waals surface area (Å²) in [6, 6.07) is 10.3. The van der Waals surface area contributed by atoms with Crippen molar-refractivity contribution in [3.05, 3.63) is 35.9 Å². The van der Waals surface area contributed by atoms with E-state index in [1.807, 2.05) is 44.0 Å². The smallest absolute Gasteiger partial charge is 0.320 e. The number of hydrogen-bond donors (Lipinski definition) is 1. The van der Waals surface area contributed by atoms with Crippen LogP contribution in [0.5, 0.6) is 0 Å². The second kappa shape index (κ2) is 4.61. The molecule has 1 saturated heterocycles. The molecule has 18 heavy (non-hydrogen) atoms. The van der Waals surface area contributed by atoms with Gasteiger partial charge >= 0.3 is 6.03 Å². The Morgan fingerprint density at radius 1 is 1.33 bits per heavy atom. The van der Waals surface area contributed by atoms with Crippen LogP contribution in [0.15, 0.2) is 30.3 Å². The van der Waals surface area contributed by atoms with Gasteiger partial charge in [0.2, 0.25) is 0 Å². The van der Waals surface area contributed by atoms with Gasteiger partial charge in [0.1, 0.15) is 0 Å². The van der Waals surface area contributed by atoms with E-state index < -0.39 is 0 Å². The normalized spacial score (nSPS) is 20.7. The molecule has 0 aromatic heterocycles. The summed E-state index contributed by atoms with van der Waals surface area (Å²) in [5.74, 6) is 0. The quantitative estimate of drug-likeness (QED) is 0.886. The second-order valence-electron chi connectivity index (χ2n) is 5.45. The minimum Gasteiger partial charge on any atom is -0.328 e. The molecule has 98 valence electrons. The van der Waals surface area contributed by atoms with Gasteiger partial charge in [0.25, 0.3) is 0 Å². The van der Waals surface area contributed by atoms with E-state index in [0.29, 0.717) is 13.1 Å². The van der Waals surface area contributed by atoms with Gasteiger partial charge in [-0.3, -0.25) is 0 Å². The molecule has 1 atom stereocenters. The van der Waals surface area contributed by atoms with E-state index in [2.05, 4.69) is 12.1 Å². The van der Waals surface area contributed by atoms with Gasteiger partial charge in [0, 0.05) is 20.1 Å². The zero-order valence-electron chi connectivity index (χ0n) is 11.3. The van der Waals surface area contributed by atoms with Crippen LogP contribution in [-0.4, -0.2) is 41.5 Å². The SMILES string of the molecule is CN1C(=O)N(C(C)(C)CN)CC1c1ccccc1. The number of urea groups is 1. The molecule has 1 aliphatic rings. The number of carbonyl (C=O) groups is 1. The average molecular weight is 247 g/mol. The van der Waals surface area contributed by atoms with Crippen LogP contribution >= 0.6 is 0 Å². The number of nitrogens with two attached hydrogens (primary N) is 1. The van der Waals surface area contributed by atoms with Gasteiger partial charge in [-0.2, -0.15) is 0 Å². The molecule has 0 bridgehead atoms. The van der Waals surface area contributed by atoms with E-state index in [0.717, 1.165) is 0 Å². The Hall–Kier alpha value is -1.55. The fraction of sp³-hybridized carbons (Fsp3) is 0.500. The molecule has 0 saturated carbocycles. The molecule has 2 amide bonds. The maximum atomic E-state index is 12.3. The predicted octanol–water partition coefficient (Wildman–Crippen LogP) is 1.83. The Morgan fingerprint density at radius 2 is 1.94 bits per heavy atom. The first kappa shape index (κ1) is 12.9. The standard InChI is InChI=1S/C14H21N3O/c1-14(2,10-15)17-9-12(16(3)13(17)18)11-7-5-4-6-8-11/h4-8,12H,9-10,15H2,1-3H3. The minimum absolute atomic E-state index is 0.0549. The fourth-order valence-corrected chi connectivity index (χ4v) is 2.32. The molecule has 1 heterocycles. The molecule has 4 heteroatoms. The molecule has 0 aliphatic carbocycles. The van der Waals surface area contributed by atoms with Crippen molar-refractivity contribution in [2.75, 3.05) is 20.1 Å². The van der Waals surface area contributed by atoms with Crippen molar-refractivity contribution in [2.45, 2.75) is 25.4 Å². The predicted molar refractivity (Wildman–Crippen MR) is 72.2 cm³/mol. The third kappa shape index (κ3) is 2.08. The maximum Gasteiger partial charge on any atom is 0.320 e. The first-order valence-electron chi connectivity index (χ1n) is 6.27. The van der Waals surface area contributed by atoms with E-state index in [-0.39, 0.29) is 17.6 Å². The molecule has 1 aromatic rings. The molecule has 1 unspecified atom stereocenters. The summed E-state index contributed by atoms with van der Waals surface area (Å²) in [7, 11) is 1.85. The number of rotatable bonds is 3. The highest BCUT2D eigenvalue weighted by Gasteiger charge is 2.41. The first-order valence-corrected chi connectivity index (χ1v) is 6.27. The monoisotopic (exact) mass is 247 g/mol. The van der Waals surface area contributed by atoms with Crippen LogP contribution in [-0.2, 0) is 0 Å². The lowest BCUT2D eigenvalue weighted by molar-refractivity contribution is 0.154. The molecule has 0 radical (unpaired) electrons. The maximum absolute atomic E-state index is 12.3. The third-order valence-corrected chi connectivity index (χ3v) is 3.77. The highest BCUT2D eigenvalue weighted by atomic mass is 16.2. The molecule has 0 spiro atoms. The van der Waals surface area contributed by atoms with E-state index in [1.165, 1.54) is 5.56 Å². The lowest BCUT2D eigenvalue weighted by Crippen LogP contribution is -2.50. The van der Waals surface area contributed by atoms with Crippen molar-refractivity contribution in [3.63, 3.8) is 0 Å². The molecule has 2 N–H and O–H groups in total. The minimum atomic E-state index is -0.297. The summed E-state index contributed by atoms with van der Waals surface area (Å²) in [4.78, 5) is 16.0. The van der Waals surface area contributed by atoms with Crippen molar-refractivity contribution >= 4 is 6.03 Å². The van der Waals surface area contributed by atoms with Crippen LogP contribution in [0, 0.1) is 0 Å². The highest BCUT2D eigenvalue weighted by Crippen LogP contribution is 2.32. The van der Waals surface area contributed by atoms with Crippen molar-refractivity contribution in [1.29, 1.82) is 0 Å². The lowest BCUT2D eigenvalue weighted by atomic mass is 10.0. The first-order chi connectivity index (χ1) is 8.47. The van der Waals surface area contributed by atoms with Crippen LogP contribution in [0.25, 0.3) is 0 Å². The Balaban J connectivity index is 2.26. The average Bonchev–Trinajstić information content (AvgIpc) is 2.68. The van der Waals surface area contributed by atoms with Gasteiger partial charge in [-0.05, 0) is 19.4 Å². The highest BCUT2D eigenvalue weighted by molar-refractivity contribution is 5.78. The van der Waals surface area contributed by atoms with Crippen molar-refractivity contribution < 1.29 is 4.79 Å². The molecule has 2 rings (SSSR count). The number of hydrogen-bond acceptors (Lipinski definition) is 2. The zero-order valence-corrected chi connectivity index (χ0v) is 11.3. The molecular weight excluding hydrogens is 226 g/mol. The molecular formula is C14H21N3O. The third-order valence-electron chi connectivity index (χ3n) is 3.77. The van der Waals surface area contributed by atoms with Crippen molar-refractivity contribution in [3.8, 4) is 0 Å². The molecule has 1 fully saturated rings. The Kier molecular flexibility index (Phi) is 3.30. The van der Waals surface area contributed by atoms with Crippen LogP contribution in [0.3, 0.4) is 0 Å². The van der Waals surface area contributed by atoms with Crippen LogP contribution in [0.1, 0.15) is 25.5 Å². The molecule has 1 aromatic carbocycles.